The van der Waals surface area contributed by atoms with Crippen LogP contribution in [0, 0.1) is 11.8 Å². The SMILES string of the molecule is CC.CC(C)C1CCC(CO)N(C)C1. The smallest absolute Gasteiger partial charge is 0.0586 e. The lowest BCUT2D eigenvalue weighted by molar-refractivity contribution is 0.0711. The van der Waals surface area contributed by atoms with E-state index in [0.29, 0.717) is 12.6 Å². The van der Waals surface area contributed by atoms with Crippen molar-refractivity contribution < 1.29 is 5.11 Å². The van der Waals surface area contributed by atoms with E-state index in [-0.39, 0.29) is 0 Å². The average molecular weight is 201 g/mol. The minimum atomic E-state index is 0.321. The molecule has 86 valence electrons. The molecule has 1 aliphatic rings. The second-order valence-electron chi connectivity index (χ2n) is 4.36. The molecule has 0 aromatic rings. The van der Waals surface area contributed by atoms with Crippen molar-refractivity contribution in [2.75, 3.05) is 20.2 Å². The molecule has 2 heteroatoms. The Labute approximate surface area is 89.3 Å². The minimum absolute atomic E-state index is 0.321. The van der Waals surface area contributed by atoms with E-state index in [0.717, 1.165) is 24.8 Å². The van der Waals surface area contributed by atoms with Gasteiger partial charge < -0.3 is 10.0 Å². The largest absolute Gasteiger partial charge is 0.395 e. The van der Waals surface area contributed by atoms with Crippen molar-refractivity contribution in [3.05, 3.63) is 0 Å². The molecule has 0 aromatic heterocycles. The van der Waals surface area contributed by atoms with Gasteiger partial charge in [-0.2, -0.15) is 0 Å². The highest BCUT2D eigenvalue weighted by Crippen LogP contribution is 2.25. The normalized spacial score (nSPS) is 28.5. The highest BCUT2D eigenvalue weighted by molar-refractivity contribution is 4.80. The van der Waals surface area contributed by atoms with E-state index in [1.54, 1.807) is 0 Å². The van der Waals surface area contributed by atoms with Gasteiger partial charge in [0.1, 0.15) is 0 Å². The zero-order chi connectivity index (χ0) is 11.1. The van der Waals surface area contributed by atoms with E-state index in [1.165, 1.54) is 6.42 Å². The zero-order valence-corrected chi connectivity index (χ0v) is 10.5. The molecule has 1 rings (SSSR count). The van der Waals surface area contributed by atoms with E-state index < -0.39 is 0 Å². The van der Waals surface area contributed by atoms with Crippen LogP contribution in [0.5, 0.6) is 0 Å². The van der Waals surface area contributed by atoms with Crippen LogP contribution in [-0.4, -0.2) is 36.2 Å². The first-order valence-corrected chi connectivity index (χ1v) is 5.96. The summed E-state index contributed by atoms with van der Waals surface area (Å²) in [6.07, 6.45) is 2.45. The number of hydrogen-bond donors (Lipinski definition) is 1. The molecule has 1 heterocycles. The summed E-state index contributed by atoms with van der Waals surface area (Å²) in [6, 6.07) is 0.417. The van der Waals surface area contributed by atoms with Crippen LogP contribution in [0.15, 0.2) is 0 Å². The van der Waals surface area contributed by atoms with E-state index in [1.807, 2.05) is 13.8 Å². The van der Waals surface area contributed by atoms with Gasteiger partial charge in [0.15, 0.2) is 0 Å². The molecule has 0 bridgehead atoms. The van der Waals surface area contributed by atoms with Crippen molar-refractivity contribution in [1.82, 2.24) is 4.90 Å². The molecular weight excluding hydrogens is 174 g/mol. The summed E-state index contributed by atoms with van der Waals surface area (Å²) in [4.78, 5) is 2.30. The minimum Gasteiger partial charge on any atom is -0.395 e. The Hall–Kier alpha value is -0.0800. The monoisotopic (exact) mass is 201 g/mol. The first kappa shape index (κ1) is 13.9. The lowest BCUT2D eigenvalue weighted by Crippen LogP contribution is -2.43. The Morgan fingerprint density at radius 2 is 1.86 bits per heavy atom. The number of piperidine rings is 1. The van der Waals surface area contributed by atoms with Gasteiger partial charge >= 0.3 is 0 Å². The van der Waals surface area contributed by atoms with Crippen LogP contribution in [0.4, 0.5) is 0 Å². The highest BCUT2D eigenvalue weighted by atomic mass is 16.3. The Bertz CT molecular complexity index is 136. The average Bonchev–Trinajstić information content (AvgIpc) is 2.20. The van der Waals surface area contributed by atoms with Crippen LogP contribution in [0.1, 0.15) is 40.5 Å². The molecule has 1 saturated heterocycles. The lowest BCUT2D eigenvalue weighted by Gasteiger charge is -2.37. The fraction of sp³-hybridized carbons (Fsp3) is 1.00. The van der Waals surface area contributed by atoms with Gasteiger partial charge in [-0.3, -0.25) is 0 Å². The molecule has 1 N–H and O–H groups in total. The van der Waals surface area contributed by atoms with Crippen molar-refractivity contribution in [3.8, 4) is 0 Å². The first-order valence-electron chi connectivity index (χ1n) is 5.96. The standard InChI is InChI=1S/C10H21NO.C2H6/c1-8(2)9-4-5-10(7-12)11(3)6-9;1-2/h8-10,12H,4-7H2,1-3H3;1-2H3. The van der Waals surface area contributed by atoms with E-state index in [4.69, 9.17) is 5.11 Å². The number of aliphatic hydroxyl groups excluding tert-OH is 1. The maximum absolute atomic E-state index is 9.04. The number of nitrogens with zero attached hydrogens (tertiary/aromatic N) is 1. The van der Waals surface area contributed by atoms with Crippen LogP contribution in [0.25, 0.3) is 0 Å². The molecule has 14 heavy (non-hydrogen) atoms. The van der Waals surface area contributed by atoms with Gasteiger partial charge in [-0.1, -0.05) is 27.7 Å². The summed E-state index contributed by atoms with van der Waals surface area (Å²) in [6.45, 7) is 10.1. The number of likely N-dealkylation sites (tertiary alicyclic amines) is 1. The molecule has 1 fully saturated rings. The summed E-state index contributed by atoms with van der Waals surface area (Å²) in [7, 11) is 2.12. The summed E-state index contributed by atoms with van der Waals surface area (Å²) in [5.74, 6) is 1.62. The quantitative estimate of drug-likeness (QED) is 0.741. The second-order valence-corrected chi connectivity index (χ2v) is 4.36. The van der Waals surface area contributed by atoms with Gasteiger partial charge in [-0.25, -0.2) is 0 Å². The molecule has 2 nitrogen and oxygen atoms in total. The van der Waals surface area contributed by atoms with Gasteiger partial charge in [-0.05, 0) is 31.7 Å². The van der Waals surface area contributed by atoms with Crippen LogP contribution in [-0.2, 0) is 0 Å². The Morgan fingerprint density at radius 1 is 1.29 bits per heavy atom. The van der Waals surface area contributed by atoms with Gasteiger partial charge in [0.05, 0.1) is 6.61 Å². The van der Waals surface area contributed by atoms with Crippen molar-refractivity contribution in [3.63, 3.8) is 0 Å². The molecule has 0 radical (unpaired) electrons. The molecule has 0 aromatic carbocycles. The summed E-state index contributed by atoms with van der Waals surface area (Å²) in [5, 5.41) is 9.04. The van der Waals surface area contributed by atoms with Crippen LogP contribution >= 0.6 is 0 Å². The molecule has 0 aliphatic carbocycles. The Morgan fingerprint density at radius 3 is 2.21 bits per heavy atom. The number of rotatable bonds is 2. The van der Waals surface area contributed by atoms with Crippen LogP contribution < -0.4 is 0 Å². The van der Waals surface area contributed by atoms with Crippen molar-refractivity contribution in [1.29, 1.82) is 0 Å². The maximum Gasteiger partial charge on any atom is 0.0586 e. The van der Waals surface area contributed by atoms with E-state index in [9.17, 15) is 0 Å². The van der Waals surface area contributed by atoms with Gasteiger partial charge in [0.2, 0.25) is 0 Å². The summed E-state index contributed by atoms with van der Waals surface area (Å²) < 4.78 is 0. The molecule has 1 aliphatic heterocycles. The predicted molar refractivity (Wildman–Crippen MR) is 62.4 cm³/mol. The van der Waals surface area contributed by atoms with Gasteiger partial charge in [-0.15, -0.1) is 0 Å². The fourth-order valence-electron chi connectivity index (χ4n) is 2.01. The number of hydrogen-bond acceptors (Lipinski definition) is 2. The molecule has 0 amide bonds. The molecule has 0 spiro atoms. The first-order chi connectivity index (χ1) is 6.65. The van der Waals surface area contributed by atoms with E-state index in [2.05, 4.69) is 25.8 Å². The van der Waals surface area contributed by atoms with Gasteiger partial charge in [0, 0.05) is 12.6 Å². The molecular formula is C12H27NO. The highest BCUT2D eigenvalue weighted by Gasteiger charge is 2.26. The van der Waals surface area contributed by atoms with Crippen LogP contribution in [0.2, 0.25) is 0 Å². The number of likely N-dealkylation sites (N-methyl/N-ethyl adjacent to an activating group) is 1. The second kappa shape index (κ2) is 7.24. The molecule has 2 atom stereocenters. The predicted octanol–water partition coefficient (Wildman–Crippen LogP) is 2.37. The van der Waals surface area contributed by atoms with E-state index >= 15 is 0 Å². The third-order valence-electron chi connectivity index (χ3n) is 3.17. The molecule has 0 saturated carbocycles. The Kier molecular flexibility index (Phi) is 7.20. The van der Waals surface area contributed by atoms with Crippen molar-refractivity contribution in [2.24, 2.45) is 11.8 Å². The zero-order valence-electron chi connectivity index (χ0n) is 10.5. The van der Waals surface area contributed by atoms with Gasteiger partial charge in [0.25, 0.3) is 0 Å². The van der Waals surface area contributed by atoms with Crippen LogP contribution in [0.3, 0.4) is 0 Å². The third kappa shape index (κ3) is 3.97. The summed E-state index contributed by atoms with van der Waals surface area (Å²) in [5.41, 5.74) is 0. The Balaban J connectivity index is 0.000000791. The molecule has 2 unspecified atom stereocenters. The summed E-state index contributed by atoms with van der Waals surface area (Å²) >= 11 is 0. The fourth-order valence-corrected chi connectivity index (χ4v) is 2.01. The van der Waals surface area contributed by atoms with Crippen molar-refractivity contribution >= 4 is 0 Å². The third-order valence-corrected chi connectivity index (χ3v) is 3.17. The number of aliphatic hydroxyl groups is 1. The lowest BCUT2D eigenvalue weighted by atomic mass is 9.85. The topological polar surface area (TPSA) is 23.5 Å². The van der Waals surface area contributed by atoms with Crippen molar-refractivity contribution in [2.45, 2.75) is 46.6 Å². The maximum atomic E-state index is 9.04.